The van der Waals surface area contributed by atoms with Crippen LogP contribution in [0.2, 0.25) is 5.15 Å². The molecule has 0 saturated carbocycles. The summed E-state index contributed by atoms with van der Waals surface area (Å²) in [6, 6.07) is 3.17. The second-order valence-electron chi connectivity index (χ2n) is 3.91. The monoisotopic (exact) mass is 297 g/mol. The summed E-state index contributed by atoms with van der Waals surface area (Å²) >= 11 is 5.67. The molecule has 0 unspecified atom stereocenters. The number of carbonyl (C=O) groups is 2. The summed E-state index contributed by atoms with van der Waals surface area (Å²) in [4.78, 5) is 27.3. The predicted molar refractivity (Wildman–Crippen MR) is 71.0 cm³/mol. The highest BCUT2D eigenvalue weighted by Crippen LogP contribution is 2.19. The fourth-order valence-corrected chi connectivity index (χ4v) is 1.79. The largest absolute Gasteiger partial charge is 0.509 e. The zero-order valence-electron chi connectivity index (χ0n) is 10.6. The zero-order valence-corrected chi connectivity index (χ0v) is 11.3. The summed E-state index contributed by atoms with van der Waals surface area (Å²) in [6.45, 7) is 1.67. The van der Waals surface area contributed by atoms with Crippen molar-refractivity contribution < 1.29 is 19.4 Å². The van der Waals surface area contributed by atoms with E-state index in [9.17, 15) is 14.7 Å². The van der Waals surface area contributed by atoms with Gasteiger partial charge >= 0.3 is 5.97 Å². The van der Waals surface area contributed by atoms with Gasteiger partial charge in [-0.3, -0.25) is 15.2 Å². The van der Waals surface area contributed by atoms with E-state index in [0.29, 0.717) is 10.8 Å². The number of amides is 1. The summed E-state index contributed by atoms with van der Waals surface area (Å²) in [6.07, 6.45) is 1.44. The maximum atomic E-state index is 11.9. The molecule has 1 aliphatic heterocycles. The molecule has 2 rings (SSSR count). The van der Waals surface area contributed by atoms with E-state index in [0.717, 1.165) is 0 Å². The van der Waals surface area contributed by atoms with Crippen molar-refractivity contribution >= 4 is 29.2 Å². The number of halogens is 1. The number of nitrogens with one attached hydrogen (secondary N) is 1. The lowest BCUT2D eigenvalue weighted by molar-refractivity contribution is -0.140. The molecule has 20 heavy (non-hydrogen) atoms. The number of hydrogen-bond donors (Lipinski definition) is 2. The number of esters is 1. The van der Waals surface area contributed by atoms with Gasteiger partial charge in [-0.2, -0.15) is 0 Å². The van der Waals surface area contributed by atoms with Gasteiger partial charge in [0, 0.05) is 0 Å². The Bertz CT molecular complexity index is 571. The molecule has 0 atom stereocenters. The van der Waals surface area contributed by atoms with Crippen LogP contribution in [-0.2, 0) is 14.3 Å². The highest BCUT2D eigenvalue weighted by molar-refractivity contribution is 6.29. The maximum absolute atomic E-state index is 11.9. The van der Waals surface area contributed by atoms with E-state index in [1.165, 1.54) is 11.2 Å². The molecule has 0 aromatic carbocycles. The first-order chi connectivity index (χ1) is 9.52. The maximum Gasteiger partial charge on any atom is 0.347 e. The van der Waals surface area contributed by atoms with Crippen LogP contribution in [0.4, 0.5) is 5.69 Å². The van der Waals surface area contributed by atoms with Crippen molar-refractivity contribution in [1.82, 2.24) is 10.4 Å². The third kappa shape index (κ3) is 2.83. The van der Waals surface area contributed by atoms with Crippen molar-refractivity contribution in [2.75, 3.05) is 18.2 Å². The molecule has 0 fully saturated rings. The van der Waals surface area contributed by atoms with Gasteiger partial charge in [0.1, 0.15) is 10.9 Å². The number of aliphatic hydroxyl groups is 1. The standard InChI is InChI=1S/C12H12ClN3O4/c1-2-20-12(19)10-8(17)6-16(15-11(10)18)7-3-4-9(13)14-5-7/h3-5,17H,2,6H2,1H3,(H,15,18). The number of ether oxygens (including phenoxy) is 1. The van der Waals surface area contributed by atoms with Crippen LogP contribution < -0.4 is 10.4 Å². The van der Waals surface area contributed by atoms with Crippen molar-refractivity contribution in [1.29, 1.82) is 0 Å². The number of rotatable bonds is 3. The van der Waals surface area contributed by atoms with Crippen LogP contribution >= 0.6 is 11.6 Å². The second-order valence-corrected chi connectivity index (χ2v) is 4.30. The average Bonchev–Trinajstić information content (AvgIpc) is 2.39. The summed E-state index contributed by atoms with van der Waals surface area (Å²) in [5.74, 6) is -1.94. The van der Waals surface area contributed by atoms with Crippen LogP contribution in [0.5, 0.6) is 0 Å². The van der Waals surface area contributed by atoms with E-state index in [1.54, 1.807) is 19.1 Å². The van der Waals surface area contributed by atoms with Gasteiger partial charge in [-0.1, -0.05) is 11.6 Å². The first kappa shape index (κ1) is 14.1. The van der Waals surface area contributed by atoms with E-state index in [2.05, 4.69) is 10.4 Å². The van der Waals surface area contributed by atoms with Crippen molar-refractivity contribution in [3.8, 4) is 0 Å². The topological polar surface area (TPSA) is 91.8 Å². The molecule has 8 heteroatoms. The Labute approximate surface area is 119 Å². The molecular formula is C12H12ClN3O4. The molecule has 0 bridgehead atoms. The van der Waals surface area contributed by atoms with Crippen molar-refractivity contribution in [2.24, 2.45) is 0 Å². The SMILES string of the molecule is CCOC(=O)C1=C(O)CN(c2ccc(Cl)nc2)NC1=O. The van der Waals surface area contributed by atoms with Gasteiger partial charge in [-0.25, -0.2) is 9.78 Å². The lowest BCUT2D eigenvalue weighted by atomic mass is 10.1. The number of hydrogen-bond acceptors (Lipinski definition) is 6. The quantitative estimate of drug-likeness (QED) is 0.490. The molecule has 0 radical (unpaired) electrons. The van der Waals surface area contributed by atoms with Crippen LogP contribution in [-0.4, -0.2) is 35.1 Å². The summed E-state index contributed by atoms with van der Waals surface area (Å²) in [5, 5.41) is 11.5. The first-order valence-electron chi connectivity index (χ1n) is 5.82. The van der Waals surface area contributed by atoms with E-state index in [1.807, 2.05) is 0 Å². The molecule has 7 nitrogen and oxygen atoms in total. The van der Waals surface area contributed by atoms with Crippen LogP contribution in [0, 0.1) is 0 Å². The third-order valence-electron chi connectivity index (χ3n) is 2.56. The van der Waals surface area contributed by atoms with Crippen LogP contribution in [0.15, 0.2) is 29.7 Å². The molecule has 0 spiro atoms. The Morgan fingerprint density at radius 2 is 2.35 bits per heavy atom. The molecular weight excluding hydrogens is 286 g/mol. The van der Waals surface area contributed by atoms with Gasteiger partial charge in [0.05, 0.1) is 25.0 Å². The van der Waals surface area contributed by atoms with Gasteiger partial charge in [0.25, 0.3) is 5.91 Å². The van der Waals surface area contributed by atoms with E-state index >= 15 is 0 Å². The molecule has 1 aliphatic rings. The minimum absolute atomic E-state index is 0.0663. The number of hydrazine groups is 1. The molecule has 2 heterocycles. The molecule has 1 aromatic heterocycles. The highest BCUT2D eigenvalue weighted by atomic mass is 35.5. The van der Waals surface area contributed by atoms with Gasteiger partial charge in [0.15, 0.2) is 5.57 Å². The van der Waals surface area contributed by atoms with E-state index in [4.69, 9.17) is 16.3 Å². The predicted octanol–water partition coefficient (Wildman–Crippen LogP) is 0.961. The number of nitrogens with zero attached hydrogens (tertiary/aromatic N) is 2. The number of anilines is 1. The number of carbonyl (C=O) groups excluding carboxylic acids is 2. The Kier molecular flexibility index (Phi) is 4.09. The molecule has 106 valence electrons. The highest BCUT2D eigenvalue weighted by Gasteiger charge is 2.31. The lowest BCUT2D eigenvalue weighted by Crippen LogP contribution is -2.50. The number of aliphatic hydroxyl groups excluding tert-OH is 1. The first-order valence-corrected chi connectivity index (χ1v) is 6.20. The summed E-state index contributed by atoms with van der Waals surface area (Å²) < 4.78 is 4.71. The fraction of sp³-hybridized carbons (Fsp3) is 0.250. The molecule has 0 aliphatic carbocycles. The van der Waals surface area contributed by atoms with Gasteiger partial charge in [-0.15, -0.1) is 0 Å². The summed E-state index contributed by atoms with van der Waals surface area (Å²) in [7, 11) is 0. The van der Waals surface area contributed by atoms with Gasteiger partial charge in [0.2, 0.25) is 0 Å². The fourth-order valence-electron chi connectivity index (χ4n) is 1.68. The average molecular weight is 298 g/mol. The third-order valence-corrected chi connectivity index (χ3v) is 2.79. The minimum Gasteiger partial charge on any atom is -0.509 e. The Hall–Kier alpha value is -2.28. The Morgan fingerprint density at radius 1 is 1.60 bits per heavy atom. The van der Waals surface area contributed by atoms with E-state index in [-0.39, 0.29) is 24.5 Å². The molecule has 0 saturated heterocycles. The Morgan fingerprint density at radius 3 is 2.90 bits per heavy atom. The van der Waals surface area contributed by atoms with Crippen molar-refractivity contribution in [3.05, 3.63) is 34.8 Å². The van der Waals surface area contributed by atoms with Crippen LogP contribution in [0.25, 0.3) is 0 Å². The Balaban J connectivity index is 2.23. The summed E-state index contributed by atoms with van der Waals surface area (Å²) in [5.41, 5.74) is 2.61. The number of pyridine rings is 1. The zero-order chi connectivity index (χ0) is 14.7. The normalized spacial score (nSPS) is 15.1. The van der Waals surface area contributed by atoms with Crippen molar-refractivity contribution in [3.63, 3.8) is 0 Å². The van der Waals surface area contributed by atoms with Crippen LogP contribution in [0.1, 0.15) is 6.92 Å². The van der Waals surface area contributed by atoms with Gasteiger partial charge in [-0.05, 0) is 19.1 Å². The van der Waals surface area contributed by atoms with E-state index < -0.39 is 11.9 Å². The van der Waals surface area contributed by atoms with Crippen LogP contribution in [0.3, 0.4) is 0 Å². The smallest absolute Gasteiger partial charge is 0.347 e. The second kappa shape index (κ2) is 5.79. The van der Waals surface area contributed by atoms with Gasteiger partial charge < -0.3 is 9.84 Å². The van der Waals surface area contributed by atoms with Crippen molar-refractivity contribution in [2.45, 2.75) is 6.92 Å². The lowest BCUT2D eigenvalue weighted by Gasteiger charge is -2.29. The minimum atomic E-state index is -0.851. The number of aromatic nitrogens is 1. The molecule has 2 N–H and O–H groups in total. The molecule has 1 aromatic rings. The molecule has 1 amide bonds.